The highest BCUT2D eigenvalue weighted by atomic mass is 79.9. The third-order valence-corrected chi connectivity index (χ3v) is 3.80. The molecule has 0 bridgehead atoms. The molecular weight excluding hydrogens is 402 g/mol. The number of carbonyl (C=O) groups is 1. The van der Waals surface area contributed by atoms with Crippen LogP contribution in [0.2, 0.25) is 0 Å². The Balaban J connectivity index is 2.23. The highest BCUT2D eigenvalue weighted by molar-refractivity contribution is 9.10. The van der Waals surface area contributed by atoms with E-state index in [2.05, 4.69) is 36.8 Å². The van der Waals surface area contributed by atoms with Gasteiger partial charge in [-0.3, -0.25) is 14.5 Å². The van der Waals surface area contributed by atoms with E-state index in [1.165, 1.54) is 10.6 Å². The van der Waals surface area contributed by atoms with Gasteiger partial charge in [-0.2, -0.15) is 0 Å². The number of hydrogen-bond donors (Lipinski definition) is 0. The zero-order chi connectivity index (χ0) is 15.4. The van der Waals surface area contributed by atoms with Crippen LogP contribution in [0.1, 0.15) is 6.92 Å². The molecule has 2 aromatic heterocycles. The second-order valence-corrected chi connectivity index (χ2v) is 6.12. The van der Waals surface area contributed by atoms with E-state index in [9.17, 15) is 9.59 Å². The average molecular weight is 415 g/mol. The summed E-state index contributed by atoms with van der Waals surface area (Å²) in [7, 11) is 0. The number of likely N-dealkylation sites (N-methyl/N-ethyl adjacent to an activating group) is 1. The van der Waals surface area contributed by atoms with Gasteiger partial charge in [-0.1, -0.05) is 0 Å². The van der Waals surface area contributed by atoms with Crippen molar-refractivity contribution in [1.82, 2.24) is 9.55 Å². The molecule has 0 radical (unpaired) electrons. The fourth-order valence-corrected chi connectivity index (χ4v) is 2.46. The second kappa shape index (κ2) is 7.00. The summed E-state index contributed by atoms with van der Waals surface area (Å²) >= 11 is 6.60. The van der Waals surface area contributed by atoms with E-state index in [4.69, 9.17) is 0 Å². The van der Waals surface area contributed by atoms with Crippen molar-refractivity contribution in [1.29, 1.82) is 0 Å². The number of pyridine rings is 2. The van der Waals surface area contributed by atoms with Crippen LogP contribution < -0.4 is 10.5 Å². The molecule has 0 unspecified atom stereocenters. The first-order chi connectivity index (χ1) is 10.0. The van der Waals surface area contributed by atoms with Gasteiger partial charge >= 0.3 is 0 Å². The Hall–Kier alpha value is -1.47. The molecule has 0 saturated carbocycles. The van der Waals surface area contributed by atoms with Gasteiger partial charge in [0.25, 0.3) is 5.56 Å². The SMILES string of the molecule is CCN(C(=O)Cn1cc(Br)ccc1=O)c1ccc(Br)cn1. The van der Waals surface area contributed by atoms with Crippen molar-refractivity contribution in [3.05, 3.63) is 56.0 Å². The highest BCUT2D eigenvalue weighted by Gasteiger charge is 2.16. The molecule has 0 aliphatic rings. The largest absolute Gasteiger partial charge is 0.305 e. The van der Waals surface area contributed by atoms with Gasteiger partial charge < -0.3 is 4.57 Å². The summed E-state index contributed by atoms with van der Waals surface area (Å²) in [6.45, 7) is 2.32. The Morgan fingerprint density at radius 3 is 2.57 bits per heavy atom. The first kappa shape index (κ1) is 15.9. The molecule has 2 rings (SSSR count). The zero-order valence-corrected chi connectivity index (χ0v) is 14.5. The lowest BCUT2D eigenvalue weighted by molar-refractivity contribution is -0.119. The second-order valence-electron chi connectivity index (χ2n) is 4.29. The van der Waals surface area contributed by atoms with Gasteiger partial charge in [0.1, 0.15) is 12.4 Å². The molecule has 7 heteroatoms. The summed E-state index contributed by atoms with van der Waals surface area (Å²) in [5, 5.41) is 0. The quantitative estimate of drug-likeness (QED) is 0.772. The van der Waals surface area contributed by atoms with Gasteiger partial charge in [0.15, 0.2) is 0 Å². The van der Waals surface area contributed by atoms with Crippen LogP contribution in [0.3, 0.4) is 0 Å². The average Bonchev–Trinajstić information content (AvgIpc) is 2.46. The first-order valence-electron chi connectivity index (χ1n) is 6.29. The number of amides is 1. The summed E-state index contributed by atoms with van der Waals surface area (Å²) < 4.78 is 2.96. The van der Waals surface area contributed by atoms with Crippen LogP contribution in [0.4, 0.5) is 5.82 Å². The summed E-state index contributed by atoms with van der Waals surface area (Å²) in [6.07, 6.45) is 3.24. The van der Waals surface area contributed by atoms with Crippen molar-refractivity contribution in [2.75, 3.05) is 11.4 Å². The first-order valence-corrected chi connectivity index (χ1v) is 7.87. The molecule has 0 spiro atoms. The Morgan fingerprint density at radius 1 is 1.24 bits per heavy atom. The van der Waals surface area contributed by atoms with Crippen LogP contribution in [0, 0.1) is 0 Å². The number of halogens is 2. The minimum atomic E-state index is -0.216. The molecule has 2 aromatic rings. The predicted molar refractivity (Wildman–Crippen MR) is 88.4 cm³/mol. The van der Waals surface area contributed by atoms with Crippen molar-refractivity contribution >= 4 is 43.6 Å². The molecule has 110 valence electrons. The van der Waals surface area contributed by atoms with Gasteiger partial charge in [0.05, 0.1) is 0 Å². The van der Waals surface area contributed by atoms with Gasteiger partial charge in [-0.25, -0.2) is 4.98 Å². The topological polar surface area (TPSA) is 55.2 Å². The van der Waals surface area contributed by atoms with E-state index in [1.807, 2.05) is 13.0 Å². The molecule has 5 nitrogen and oxygen atoms in total. The molecule has 0 atom stereocenters. The van der Waals surface area contributed by atoms with Crippen molar-refractivity contribution in [3.63, 3.8) is 0 Å². The van der Waals surface area contributed by atoms with Crippen molar-refractivity contribution in [2.24, 2.45) is 0 Å². The van der Waals surface area contributed by atoms with Gasteiger partial charge in [0.2, 0.25) is 5.91 Å². The Kier molecular flexibility index (Phi) is 5.30. The van der Waals surface area contributed by atoms with E-state index in [0.29, 0.717) is 12.4 Å². The van der Waals surface area contributed by atoms with Crippen molar-refractivity contribution < 1.29 is 4.79 Å². The standard InChI is InChI=1S/C14H13Br2N3O2/c1-2-19(12-5-3-10(15)7-17-12)14(21)9-18-8-11(16)4-6-13(18)20/h3-8H,2,9H2,1H3. The maximum atomic E-state index is 12.4. The van der Waals surface area contributed by atoms with Crippen LogP contribution in [0.25, 0.3) is 0 Å². The molecule has 0 saturated heterocycles. The van der Waals surface area contributed by atoms with E-state index in [1.54, 1.807) is 29.4 Å². The summed E-state index contributed by atoms with van der Waals surface area (Å²) in [6, 6.07) is 6.65. The monoisotopic (exact) mass is 413 g/mol. The molecular formula is C14H13Br2N3O2. The van der Waals surface area contributed by atoms with Crippen LogP contribution in [-0.2, 0) is 11.3 Å². The van der Waals surface area contributed by atoms with E-state index >= 15 is 0 Å². The van der Waals surface area contributed by atoms with Crippen LogP contribution in [0.15, 0.2) is 50.4 Å². The molecule has 0 aliphatic carbocycles. The number of carbonyl (C=O) groups excluding carboxylic acids is 1. The molecule has 2 heterocycles. The van der Waals surface area contributed by atoms with E-state index in [-0.39, 0.29) is 18.0 Å². The van der Waals surface area contributed by atoms with Crippen molar-refractivity contribution in [2.45, 2.75) is 13.5 Å². The smallest absolute Gasteiger partial charge is 0.251 e. The van der Waals surface area contributed by atoms with Gasteiger partial charge in [-0.05, 0) is 57.0 Å². The molecule has 0 fully saturated rings. The lowest BCUT2D eigenvalue weighted by Gasteiger charge is -2.20. The Labute approximate surface area is 138 Å². The third kappa shape index (κ3) is 4.01. The molecule has 0 aliphatic heterocycles. The number of nitrogens with zero attached hydrogens (tertiary/aromatic N) is 3. The molecule has 0 aromatic carbocycles. The van der Waals surface area contributed by atoms with E-state index < -0.39 is 0 Å². The summed E-state index contributed by atoms with van der Waals surface area (Å²) in [5.74, 6) is 0.376. The van der Waals surface area contributed by atoms with E-state index in [0.717, 1.165) is 8.95 Å². The number of rotatable bonds is 4. The Morgan fingerprint density at radius 2 is 1.95 bits per heavy atom. The number of anilines is 1. The fraction of sp³-hybridized carbons (Fsp3) is 0.214. The highest BCUT2D eigenvalue weighted by Crippen LogP contribution is 2.15. The van der Waals surface area contributed by atoms with Crippen LogP contribution in [-0.4, -0.2) is 22.0 Å². The number of hydrogen-bond acceptors (Lipinski definition) is 3. The fourth-order valence-electron chi connectivity index (χ4n) is 1.85. The lowest BCUT2D eigenvalue weighted by atomic mass is 10.3. The third-order valence-electron chi connectivity index (χ3n) is 2.86. The number of aromatic nitrogens is 2. The minimum absolute atomic E-state index is 0.0240. The minimum Gasteiger partial charge on any atom is -0.305 e. The zero-order valence-electron chi connectivity index (χ0n) is 11.3. The maximum Gasteiger partial charge on any atom is 0.251 e. The molecule has 21 heavy (non-hydrogen) atoms. The maximum absolute atomic E-state index is 12.4. The normalized spacial score (nSPS) is 10.4. The lowest BCUT2D eigenvalue weighted by Crippen LogP contribution is -2.36. The van der Waals surface area contributed by atoms with Crippen molar-refractivity contribution in [3.8, 4) is 0 Å². The summed E-state index contributed by atoms with van der Waals surface area (Å²) in [4.78, 5) is 29.9. The molecule has 1 amide bonds. The van der Waals surface area contributed by atoms with Crippen LogP contribution in [0.5, 0.6) is 0 Å². The van der Waals surface area contributed by atoms with Gasteiger partial charge in [0, 0.05) is 34.0 Å². The Bertz CT molecular complexity index is 698. The predicted octanol–water partition coefficient (Wildman–Crippen LogP) is 2.82. The molecule has 0 N–H and O–H groups in total. The van der Waals surface area contributed by atoms with Crippen LogP contribution >= 0.6 is 31.9 Å². The summed E-state index contributed by atoms with van der Waals surface area (Å²) in [5.41, 5.74) is -0.216. The van der Waals surface area contributed by atoms with Gasteiger partial charge in [-0.15, -0.1) is 0 Å².